The lowest BCUT2D eigenvalue weighted by Crippen LogP contribution is -2.27. The third kappa shape index (κ3) is 4.05. The first-order chi connectivity index (χ1) is 15.3. The SMILES string of the molecule is CN(Cc1ccccn1)S(=O)(=O)c1cc(-c2ccnn2-c2ccccc2Cl)c(O)cc1O. The van der Waals surface area contributed by atoms with Crippen molar-refractivity contribution >= 4 is 21.6 Å². The lowest BCUT2D eigenvalue weighted by molar-refractivity contribution is 0.429. The maximum absolute atomic E-state index is 13.2. The molecule has 2 N–H and O–H groups in total. The Morgan fingerprint density at radius 2 is 1.75 bits per heavy atom. The molecule has 0 spiro atoms. The zero-order valence-electron chi connectivity index (χ0n) is 16.9. The summed E-state index contributed by atoms with van der Waals surface area (Å²) in [5.41, 5.74) is 1.68. The van der Waals surface area contributed by atoms with Gasteiger partial charge in [0.2, 0.25) is 10.0 Å². The third-order valence-corrected chi connectivity index (χ3v) is 7.03. The average molecular weight is 471 g/mol. The maximum atomic E-state index is 13.2. The van der Waals surface area contributed by atoms with Gasteiger partial charge in [-0.05, 0) is 36.4 Å². The minimum atomic E-state index is -4.11. The molecule has 0 saturated carbocycles. The van der Waals surface area contributed by atoms with E-state index >= 15 is 0 Å². The Kier molecular flexibility index (Phi) is 5.88. The Labute approximate surface area is 190 Å². The van der Waals surface area contributed by atoms with Gasteiger partial charge in [-0.25, -0.2) is 13.1 Å². The van der Waals surface area contributed by atoms with Crippen LogP contribution in [-0.4, -0.2) is 44.7 Å². The number of pyridine rings is 1. The zero-order valence-corrected chi connectivity index (χ0v) is 18.5. The van der Waals surface area contributed by atoms with Crippen LogP contribution in [0.3, 0.4) is 0 Å². The van der Waals surface area contributed by atoms with Crippen molar-refractivity contribution in [3.8, 4) is 28.4 Å². The number of benzene rings is 2. The molecule has 0 fully saturated rings. The van der Waals surface area contributed by atoms with Crippen LogP contribution in [0.5, 0.6) is 11.5 Å². The monoisotopic (exact) mass is 470 g/mol. The number of hydrogen-bond acceptors (Lipinski definition) is 6. The van der Waals surface area contributed by atoms with Crippen LogP contribution in [0.4, 0.5) is 0 Å². The molecule has 0 aliphatic heterocycles. The molecule has 0 radical (unpaired) electrons. The summed E-state index contributed by atoms with van der Waals surface area (Å²) in [5.74, 6) is -0.870. The Hall–Kier alpha value is -3.40. The standard InChI is InChI=1S/C22H19ClN4O4S/c1-26(14-15-6-4-5-10-24-15)32(30,31)22-12-16(20(28)13-21(22)29)18-9-11-25-27(18)19-8-3-2-7-17(19)23/h2-13,28-29H,14H2,1H3. The molecule has 4 aromatic rings. The van der Waals surface area contributed by atoms with Gasteiger partial charge in [0.25, 0.3) is 0 Å². The van der Waals surface area contributed by atoms with Crippen molar-refractivity contribution in [3.63, 3.8) is 0 Å². The van der Waals surface area contributed by atoms with Gasteiger partial charge in [-0.15, -0.1) is 0 Å². The number of halogens is 1. The predicted molar refractivity (Wildman–Crippen MR) is 120 cm³/mol. The number of rotatable bonds is 6. The van der Waals surface area contributed by atoms with E-state index < -0.39 is 15.8 Å². The number of aromatic nitrogens is 3. The number of hydrogen-bond donors (Lipinski definition) is 2. The van der Waals surface area contributed by atoms with Crippen molar-refractivity contribution in [3.05, 3.63) is 83.8 Å². The second-order valence-electron chi connectivity index (χ2n) is 7.00. The van der Waals surface area contributed by atoms with Crippen LogP contribution in [0, 0.1) is 0 Å². The summed E-state index contributed by atoms with van der Waals surface area (Å²) in [4.78, 5) is 3.79. The van der Waals surface area contributed by atoms with Crippen LogP contribution in [0.1, 0.15) is 5.69 Å². The van der Waals surface area contributed by atoms with Gasteiger partial charge in [-0.1, -0.05) is 29.8 Å². The fourth-order valence-corrected chi connectivity index (χ4v) is 4.71. The molecular weight excluding hydrogens is 452 g/mol. The first-order valence-electron chi connectivity index (χ1n) is 9.50. The summed E-state index contributed by atoms with van der Waals surface area (Å²) in [7, 11) is -2.71. The molecule has 0 saturated heterocycles. The van der Waals surface area contributed by atoms with E-state index in [1.807, 2.05) is 0 Å². The second kappa shape index (κ2) is 8.62. The van der Waals surface area contributed by atoms with Gasteiger partial charge in [0.15, 0.2) is 0 Å². The molecule has 164 valence electrons. The van der Waals surface area contributed by atoms with E-state index in [9.17, 15) is 18.6 Å². The highest BCUT2D eigenvalue weighted by Crippen LogP contribution is 2.39. The van der Waals surface area contributed by atoms with Crippen molar-refractivity contribution < 1.29 is 18.6 Å². The molecule has 2 aromatic carbocycles. The van der Waals surface area contributed by atoms with E-state index in [0.29, 0.717) is 22.1 Å². The average Bonchev–Trinajstić information content (AvgIpc) is 3.24. The van der Waals surface area contributed by atoms with Crippen molar-refractivity contribution in [1.29, 1.82) is 0 Å². The van der Waals surface area contributed by atoms with Gasteiger partial charge < -0.3 is 10.2 Å². The first-order valence-corrected chi connectivity index (χ1v) is 11.3. The molecule has 0 amide bonds. The van der Waals surface area contributed by atoms with Gasteiger partial charge in [-0.2, -0.15) is 9.40 Å². The fraction of sp³-hybridized carbons (Fsp3) is 0.0909. The number of phenols is 2. The summed E-state index contributed by atoms with van der Waals surface area (Å²) >= 11 is 6.29. The number of nitrogens with zero attached hydrogens (tertiary/aromatic N) is 4. The lowest BCUT2D eigenvalue weighted by atomic mass is 10.1. The van der Waals surface area contributed by atoms with Crippen molar-refractivity contribution in [2.24, 2.45) is 0 Å². The topological polar surface area (TPSA) is 109 Å². The van der Waals surface area contributed by atoms with E-state index in [0.717, 1.165) is 10.4 Å². The molecule has 0 atom stereocenters. The Morgan fingerprint density at radius 3 is 2.47 bits per heavy atom. The van der Waals surface area contributed by atoms with Gasteiger partial charge >= 0.3 is 0 Å². The molecule has 2 aromatic heterocycles. The summed E-state index contributed by atoms with van der Waals surface area (Å²) in [6.07, 6.45) is 3.08. The highest BCUT2D eigenvalue weighted by Gasteiger charge is 2.27. The van der Waals surface area contributed by atoms with Crippen LogP contribution in [0.2, 0.25) is 5.02 Å². The Balaban J connectivity index is 1.79. The van der Waals surface area contributed by atoms with Crippen LogP contribution in [0.25, 0.3) is 16.9 Å². The molecule has 0 bridgehead atoms. The summed E-state index contributed by atoms with van der Waals surface area (Å²) in [6.45, 7) is 0.0103. The minimum Gasteiger partial charge on any atom is -0.507 e. The number of phenolic OH excluding ortho intramolecular Hbond substituents is 2. The molecule has 0 aliphatic carbocycles. The minimum absolute atomic E-state index is 0.0103. The maximum Gasteiger partial charge on any atom is 0.246 e. The molecule has 2 heterocycles. The van der Waals surface area contributed by atoms with Gasteiger partial charge in [-0.3, -0.25) is 4.98 Å². The van der Waals surface area contributed by atoms with E-state index in [-0.39, 0.29) is 22.8 Å². The third-order valence-electron chi connectivity index (χ3n) is 4.88. The summed E-state index contributed by atoms with van der Waals surface area (Å²) in [6, 6.07) is 16.0. The lowest BCUT2D eigenvalue weighted by Gasteiger charge is -2.19. The van der Waals surface area contributed by atoms with E-state index in [1.165, 1.54) is 24.0 Å². The van der Waals surface area contributed by atoms with Crippen molar-refractivity contribution in [2.75, 3.05) is 7.05 Å². The number of para-hydroxylation sites is 1. The molecular formula is C22H19ClN4O4S. The fourth-order valence-electron chi connectivity index (χ4n) is 3.26. The number of aromatic hydroxyl groups is 2. The van der Waals surface area contributed by atoms with Crippen LogP contribution >= 0.6 is 11.6 Å². The van der Waals surface area contributed by atoms with Crippen LogP contribution in [0.15, 0.2) is 78.0 Å². The van der Waals surface area contributed by atoms with E-state index in [4.69, 9.17) is 11.6 Å². The Morgan fingerprint density at radius 1 is 1.00 bits per heavy atom. The second-order valence-corrected chi connectivity index (χ2v) is 9.42. The van der Waals surface area contributed by atoms with Gasteiger partial charge in [0, 0.05) is 24.9 Å². The van der Waals surface area contributed by atoms with Gasteiger partial charge in [0.1, 0.15) is 16.4 Å². The highest BCUT2D eigenvalue weighted by molar-refractivity contribution is 7.89. The van der Waals surface area contributed by atoms with Crippen molar-refractivity contribution in [1.82, 2.24) is 19.1 Å². The molecule has 0 aliphatic rings. The van der Waals surface area contributed by atoms with Crippen LogP contribution in [-0.2, 0) is 16.6 Å². The molecule has 10 heteroatoms. The molecule has 0 unspecified atom stereocenters. The van der Waals surface area contributed by atoms with Gasteiger partial charge in [0.05, 0.1) is 34.8 Å². The molecule has 32 heavy (non-hydrogen) atoms. The zero-order chi connectivity index (χ0) is 22.9. The first kappa shape index (κ1) is 21.8. The molecule has 4 rings (SSSR count). The van der Waals surface area contributed by atoms with Crippen LogP contribution < -0.4 is 0 Å². The molecule has 8 nitrogen and oxygen atoms in total. The van der Waals surface area contributed by atoms with E-state index in [1.54, 1.807) is 54.7 Å². The number of sulfonamides is 1. The predicted octanol–water partition coefficient (Wildman–Crippen LogP) is 3.82. The van der Waals surface area contributed by atoms with Crippen molar-refractivity contribution in [2.45, 2.75) is 11.4 Å². The smallest absolute Gasteiger partial charge is 0.246 e. The van der Waals surface area contributed by atoms with E-state index in [2.05, 4.69) is 10.1 Å². The summed E-state index contributed by atoms with van der Waals surface area (Å²) < 4.78 is 29.0. The quantitative estimate of drug-likeness (QED) is 0.443. The highest BCUT2D eigenvalue weighted by atomic mass is 35.5. The Bertz CT molecular complexity index is 1370. The normalized spacial score (nSPS) is 11.7. The summed E-state index contributed by atoms with van der Waals surface area (Å²) in [5, 5.41) is 25.6. The largest absolute Gasteiger partial charge is 0.507 e.